The smallest absolute Gasteiger partial charge is 0.243 e. The zero-order valence-electron chi connectivity index (χ0n) is 11.5. The van der Waals surface area contributed by atoms with Gasteiger partial charge in [0.05, 0.1) is 17.8 Å². The topological polar surface area (TPSA) is 56.1 Å². The third-order valence-electron chi connectivity index (χ3n) is 2.92. The van der Waals surface area contributed by atoms with E-state index in [9.17, 15) is 4.79 Å². The Balaban J connectivity index is 2.04. The lowest BCUT2D eigenvalue weighted by Gasteiger charge is -2.19. The Hall–Kier alpha value is -2.32. The highest BCUT2D eigenvalue weighted by molar-refractivity contribution is 9.10. The number of likely N-dealkylation sites (N-methyl/N-ethyl adjacent to an activating group) is 1. The fourth-order valence-electron chi connectivity index (χ4n) is 1.97. The van der Waals surface area contributed by atoms with Crippen LogP contribution in [-0.2, 0) is 4.79 Å². The van der Waals surface area contributed by atoms with E-state index in [1.165, 1.54) is 0 Å². The summed E-state index contributed by atoms with van der Waals surface area (Å²) in [4.78, 5) is 13.8. The third-order valence-corrected chi connectivity index (χ3v) is 3.42. The van der Waals surface area contributed by atoms with Crippen LogP contribution in [0.25, 0.3) is 0 Å². The van der Waals surface area contributed by atoms with Crippen LogP contribution in [0.15, 0.2) is 53.0 Å². The Bertz CT molecular complexity index is 694. The summed E-state index contributed by atoms with van der Waals surface area (Å²) in [7, 11) is 1.79. The number of para-hydroxylation sites is 1. The van der Waals surface area contributed by atoms with Gasteiger partial charge in [-0.15, -0.1) is 0 Å². The van der Waals surface area contributed by atoms with Crippen LogP contribution in [0.5, 0.6) is 0 Å². The molecule has 0 aromatic heterocycles. The average molecular weight is 344 g/mol. The van der Waals surface area contributed by atoms with Gasteiger partial charge in [0.25, 0.3) is 0 Å². The number of hydrogen-bond donors (Lipinski definition) is 1. The van der Waals surface area contributed by atoms with E-state index in [4.69, 9.17) is 5.26 Å². The first-order valence-corrected chi connectivity index (χ1v) is 7.15. The molecule has 21 heavy (non-hydrogen) atoms. The number of rotatable bonds is 4. The first kappa shape index (κ1) is 15.1. The fraction of sp³-hybridized carbons (Fsp3) is 0.125. The number of amides is 1. The summed E-state index contributed by atoms with van der Waals surface area (Å²) in [6, 6.07) is 16.7. The van der Waals surface area contributed by atoms with Gasteiger partial charge in [-0.3, -0.25) is 4.79 Å². The van der Waals surface area contributed by atoms with Crippen LogP contribution >= 0.6 is 15.9 Å². The van der Waals surface area contributed by atoms with Crippen LogP contribution in [0.4, 0.5) is 11.4 Å². The van der Waals surface area contributed by atoms with Crippen LogP contribution in [0.1, 0.15) is 5.56 Å². The van der Waals surface area contributed by atoms with Crippen molar-refractivity contribution in [3.8, 4) is 6.07 Å². The molecule has 0 bridgehead atoms. The first-order chi connectivity index (χ1) is 10.1. The second-order valence-electron chi connectivity index (χ2n) is 4.54. The van der Waals surface area contributed by atoms with E-state index < -0.39 is 0 Å². The molecule has 0 saturated carbocycles. The lowest BCUT2D eigenvalue weighted by molar-refractivity contribution is -0.114. The molecule has 2 rings (SSSR count). The molecule has 0 heterocycles. The van der Waals surface area contributed by atoms with E-state index >= 15 is 0 Å². The Kier molecular flexibility index (Phi) is 4.96. The molecular weight excluding hydrogens is 330 g/mol. The molecule has 1 amide bonds. The summed E-state index contributed by atoms with van der Waals surface area (Å²) < 4.78 is 0.906. The summed E-state index contributed by atoms with van der Waals surface area (Å²) in [6.07, 6.45) is 0. The maximum Gasteiger partial charge on any atom is 0.243 e. The van der Waals surface area contributed by atoms with Crippen LogP contribution in [0.3, 0.4) is 0 Å². The lowest BCUT2D eigenvalue weighted by Crippen LogP contribution is -2.30. The summed E-state index contributed by atoms with van der Waals surface area (Å²) in [6.45, 7) is 0.172. The van der Waals surface area contributed by atoms with Gasteiger partial charge in [-0.25, -0.2) is 0 Å². The predicted molar refractivity (Wildman–Crippen MR) is 87.2 cm³/mol. The zero-order chi connectivity index (χ0) is 15.2. The van der Waals surface area contributed by atoms with Gasteiger partial charge in [0, 0.05) is 17.2 Å². The molecule has 4 nitrogen and oxygen atoms in total. The van der Waals surface area contributed by atoms with Gasteiger partial charge < -0.3 is 10.2 Å². The number of hydrogen-bond acceptors (Lipinski definition) is 3. The minimum Gasteiger partial charge on any atom is -0.364 e. The highest BCUT2D eigenvalue weighted by Gasteiger charge is 2.11. The monoisotopic (exact) mass is 343 g/mol. The SMILES string of the molecule is CN(CC(=O)Nc1cccc(Br)c1)c1ccccc1C#N. The van der Waals surface area contributed by atoms with Gasteiger partial charge in [-0.2, -0.15) is 5.26 Å². The van der Waals surface area contributed by atoms with Crippen molar-refractivity contribution in [2.75, 3.05) is 23.8 Å². The number of anilines is 2. The number of nitrogens with zero attached hydrogens (tertiary/aromatic N) is 2. The molecule has 2 aromatic carbocycles. The predicted octanol–water partition coefficient (Wildman–Crippen LogP) is 3.40. The minimum absolute atomic E-state index is 0.136. The van der Waals surface area contributed by atoms with Gasteiger partial charge >= 0.3 is 0 Å². The average Bonchev–Trinajstić information content (AvgIpc) is 2.47. The van der Waals surface area contributed by atoms with Crippen LogP contribution in [-0.4, -0.2) is 19.5 Å². The maximum atomic E-state index is 12.1. The van der Waals surface area contributed by atoms with Crippen molar-refractivity contribution in [2.45, 2.75) is 0 Å². The maximum absolute atomic E-state index is 12.1. The molecule has 0 aliphatic heterocycles. The number of halogens is 1. The Morgan fingerprint density at radius 3 is 2.76 bits per heavy atom. The Labute approximate surface area is 132 Å². The van der Waals surface area contributed by atoms with Crippen LogP contribution in [0.2, 0.25) is 0 Å². The molecule has 0 radical (unpaired) electrons. The molecule has 0 unspecified atom stereocenters. The third kappa shape index (κ3) is 4.07. The molecule has 1 N–H and O–H groups in total. The molecule has 0 atom stereocenters. The van der Waals surface area contributed by atoms with Crippen molar-refractivity contribution in [3.05, 3.63) is 58.6 Å². The molecule has 0 spiro atoms. The van der Waals surface area contributed by atoms with E-state index in [0.29, 0.717) is 5.56 Å². The number of benzene rings is 2. The normalized spacial score (nSPS) is 9.76. The lowest BCUT2D eigenvalue weighted by atomic mass is 10.2. The second kappa shape index (κ2) is 6.91. The van der Waals surface area contributed by atoms with E-state index in [2.05, 4.69) is 27.3 Å². The molecule has 0 aliphatic carbocycles. The van der Waals surface area contributed by atoms with Gasteiger partial charge in [-0.1, -0.05) is 34.1 Å². The van der Waals surface area contributed by atoms with Crippen molar-refractivity contribution in [1.29, 1.82) is 5.26 Å². The number of carbonyl (C=O) groups excluding carboxylic acids is 1. The first-order valence-electron chi connectivity index (χ1n) is 6.36. The Morgan fingerprint density at radius 2 is 2.05 bits per heavy atom. The van der Waals surface area contributed by atoms with Crippen molar-refractivity contribution >= 4 is 33.2 Å². The van der Waals surface area contributed by atoms with Crippen molar-refractivity contribution in [1.82, 2.24) is 0 Å². The fourth-order valence-corrected chi connectivity index (χ4v) is 2.37. The number of nitrogens with one attached hydrogen (secondary N) is 1. The van der Waals surface area contributed by atoms with E-state index in [0.717, 1.165) is 15.8 Å². The van der Waals surface area contributed by atoms with Crippen LogP contribution in [0, 0.1) is 11.3 Å². The van der Waals surface area contributed by atoms with Gasteiger partial charge in [0.1, 0.15) is 6.07 Å². The standard InChI is InChI=1S/C16H14BrN3O/c1-20(15-8-3-2-5-12(15)10-18)11-16(21)19-14-7-4-6-13(17)9-14/h2-9H,11H2,1H3,(H,19,21). The van der Waals surface area contributed by atoms with Crippen LogP contribution < -0.4 is 10.2 Å². The van der Waals surface area contributed by atoms with Gasteiger partial charge in [-0.05, 0) is 30.3 Å². The molecular formula is C16H14BrN3O. The molecule has 0 fully saturated rings. The molecule has 2 aromatic rings. The summed E-state index contributed by atoms with van der Waals surface area (Å²) >= 11 is 3.36. The van der Waals surface area contributed by atoms with E-state index in [-0.39, 0.29) is 12.5 Å². The summed E-state index contributed by atoms with van der Waals surface area (Å²) in [5.41, 5.74) is 2.02. The summed E-state index contributed by atoms with van der Waals surface area (Å²) in [5.74, 6) is -0.136. The molecule has 106 valence electrons. The van der Waals surface area contributed by atoms with E-state index in [1.54, 1.807) is 24.1 Å². The number of nitriles is 1. The minimum atomic E-state index is -0.136. The highest BCUT2D eigenvalue weighted by atomic mass is 79.9. The quantitative estimate of drug-likeness (QED) is 0.925. The largest absolute Gasteiger partial charge is 0.364 e. The number of carbonyl (C=O) groups is 1. The highest BCUT2D eigenvalue weighted by Crippen LogP contribution is 2.19. The molecule has 0 aliphatic rings. The summed E-state index contributed by atoms with van der Waals surface area (Å²) in [5, 5.41) is 11.9. The zero-order valence-corrected chi connectivity index (χ0v) is 13.1. The van der Waals surface area contributed by atoms with Crippen molar-refractivity contribution < 1.29 is 4.79 Å². The second-order valence-corrected chi connectivity index (χ2v) is 5.46. The van der Waals surface area contributed by atoms with E-state index in [1.807, 2.05) is 36.4 Å². The Morgan fingerprint density at radius 1 is 1.29 bits per heavy atom. The van der Waals surface area contributed by atoms with Crippen molar-refractivity contribution in [2.24, 2.45) is 0 Å². The van der Waals surface area contributed by atoms with Gasteiger partial charge in [0.15, 0.2) is 0 Å². The van der Waals surface area contributed by atoms with Crippen molar-refractivity contribution in [3.63, 3.8) is 0 Å². The molecule has 0 saturated heterocycles. The van der Waals surface area contributed by atoms with Gasteiger partial charge in [0.2, 0.25) is 5.91 Å². The molecule has 5 heteroatoms.